The molecule has 0 saturated heterocycles. The Morgan fingerprint density at radius 3 is 1.69 bits per heavy atom. The molecule has 0 aromatic heterocycles. The first kappa shape index (κ1) is 27.7. The molecule has 9 aromatic rings. The second kappa shape index (κ2) is 13.2. The number of rotatable bonds is 7. The number of benzene rings is 9. The van der Waals surface area contributed by atoms with E-state index in [9.17, 15) is 5.48 Å². The van der Waals surface area contributed by atoms with Gasteiger partial charge in [0.05, 0.1) is 10.9 Å². The fourth-order valence-corrected chi connectivity index (χ4v) is 8.44. The first-order valence-corrected chi connectivity index (χ1v) is 18.4. The number of fused-ring (bicyclic) bond motifs is 4. The zero-order chi connectivity index (χ0) is 39.4. The van der Waals surface area contributed by atoms with Crippen molar-refractivity contribution in [1.82, 2.24) is 0 Å². The highest BCUT2D eigenvalue weighted by molar-refractivity contribution is 5.97. The Hall–Kier alpha value is -6.96. The summed E-state index contributed by atoms with van der Waals surface area (Å²) in [5, 5.41) is 2.23. The maximum absolute atomic E-state index is 9.65. The molecule has 0 N–H and O–H groups in total. The van der Waals surface area contributed by atoms with E-state index in [-0.39, 0.29) is 35.4 Å². The van der Waals surface area contributed by atoms with Crippen molar-refractivity contribution in [2.24, 2.45) is 0 Å². The standard InChI is InChI=1S/C53H37N/c1-4-20-42(21-5-1)53(43-22-6-2-7-23-43)51-29-13-12-27-49(51)50-35-34-46(37-52(50)53)54(44-24-8-3-9-25-44)45-32-30-38(31-33-45)40-18-14-19-41(36-40)48-28-15-17-39-16-10-11-26-47(39)48/h1-37H/i30D,31D,32D,33D. The highest BCUT2D eigenvalue weighted by Crippen LogP contribution is 2.57. The fourth-order valence-electron chi connectivity index (χ4n) is 8.44. The zero-order valence-electron chi connectivity index (χ0n) is 33.5. The van der Waals surface area contributed by atoms with Crippen molar-refractivity contribution >= 4 is 27.8 Å². The molecule has 0 bridgehead atoms. The molecule has 54 heavy (non-hydrogen) atoms. The van der Waals surface area contributed by atoms with Crippen molar-refractivity contribution in [2.45, 2.75) is 5.41 Å². The van der Waals surface area contributed by atoms with Crippen LogP contribution in [0.4, 0.5) is 17.1 Å². The molecular formula is C53H37N. The summed E-state index contributed by atoms with van der Waals surface area (Å²) in [5.74, 6) is 0. The Balaban J connectivity index is 1.18. The van der Waals surface area contributed by atoms with Crippen molar-refractivity contribution in [3.8, 4) is 33.4 Å². The van der Waals surface area contributed by atoms with Crippen LogP contribution in [-0.2, 0) is 5.41 Å². The van der Waals surface area contributed by atoms with Crippen LogP contribution in [0.1, 0.15) is 27.7 Å². The van der Waals surface area contributed by atoms with E-state index in [4.69, 9.17) is 0 Å². The first-order valence-electron chi connectivity index (χ1n) is 20.4. The summed E-state index contributed by atoms with van der Waals surface area (Å²) in [6.45, 7) is 0. The van der Waals surface area contributed by atoms with Crippen molar-refractivity contribution in [3.63, 3.8) is 0 Å². The van der Waals surface area contributed by atoms with Crippen LogP contribution >= 0.6 is 0 Å². The van der Waals surface area contributed by atoms with Gasteiger partial charge in [0.1, 0.15) is 0 Å². The SMILES string of the molecule is [2H]c1c([2H])c(N(c2ccccc2)c2ccc3c(c2)C(c2ccccc2)(c2ccccc2)c2ccccc2-3)c([2H])c([2H])c1-c1cccc(-c2cccc3ccccc23)c1. The smallest absolute Gasteiger partial charge is 0.0714 e. The molecule has 9 aromatic carbocycles. The van der Waals surface area contributed by atoms with Crippen molar-refractivity contribution in [1.29, 1.82) is 0 Å². The van der Waals surface area contributed by atoms with Gasteiger partial charge in [0, 0.05) is 17.1 Å². The topological polar surface area (TPSA) is 3.24 Å². The highest BCUT2D eigenvalue weighted by Gasteiger charge is 2.46. The normalized spacial score (nSPS) is 13.6. The molecule has 0 unspecified atom stereocenters. The molecule has 254 valence electrons. The largest absolute Gasteiger partial charge is 0.310 e. The summed E-state index contributed by atoms with van der Waals surface area (Å²) < 4.78 is 38.3. The number of nitrogens with zero attached hydrogens (tertiary/aromatic N) is 1. The molecule has 0 spiro atoms. The molecule has 0 aliphatic heterocycles. The number of anilines is 3. The van der Waals surface area contributed by atoms with E-state index >= 15 is 0 Å². The van der Waals surface area contributed by atoms with Crippen molar-refractivity contribution in [3.05, 3.63) is 247 Å². The molecule has 1 heteroatoms. The Morgan fingerprint density at radius 2 is 0.926 bits per heavy atom. The van der Waals surface area contributed by atoms with Crippen LogP contribution in [-0.4, -0.2) is 0 Å². The second-order valence-electron chi connectivity index (χ2n) is 13.8. The average molecular weight is 692 g/mol. The van der Waals surface area contributed by atoms with Crippen LogP contribution in [0, 0.1) is 0 Å². The van der Waals surface area contributed by atoms with Gasteiger partial charge in [-0.25, -0.2) is 0 Å². The predicted molar refractivity (Wildman–Crippen MR) is 227 cm³/mol. The van der Waals surface area contributed by atoms with E-state index in [2.05, 4.69) is 109 Å². The van der Waals surface area contributed by atoms with Crippen molar-refractivity contribution in [2.75, 3.05) is 4.90 Å². The molecule has 1 aliphatic carbocycles. The number of para-hydroxylation sites is 1. The van der Waals surface area contributed by atoms with Gasteiger partial charge in [0.2, 0.25) is 0 Å². The summed E-state index contributed by atoms with van der Waals surface area (Å²) >= 11 is 0. The summed E-state index contributed by atoms with van der Waals surface area (Å²) in [6, 6.07) is 67.8. The van der Waals surface area contributed by atoms with E-state index in [1.807, 2.05) is 95.9 Å². The summed E-state index contributed by atoms with van der Waals surface area (Å²) in [7, 11) is 0. The van der Waals surface area contributed by atoms with Gasteiger partial charge >= 0.3 is 0 Å². The Labute approximate surface area is 322 Å². The molecule has 0 saturated carbocycles. The average Bonchev–Trinajstić information content (AvgIpc) is 3.58. The lowest BCUT2D eigenvalue weighted by Crippen LogP contribution is -2.28. The van der Waals surface area contributed by atoms with E-state index in [1.165, 1.54) is 5.56 Å². The minimum absolute atomic E-state index is 0.0940. The maximum Gasteiger partial charge on any atom is 0.0714 e. The molecule has 10 rings (SSSR count). The maximum atomic E-state index is 9.65. The Bertz CT molecular complexity index is 2920. The minimum atomic E-state index is -0.652. The second-order valence-corrected chi connectivity index (χ2v) is 13.8. The Morgan fingerprint density at radius 1 is 0.352 bits per heavy atom. The molecule has 1 nitrogen and oxygen atoms in total. The lowest BCUT2D eigenvalue weighted by molar-refractivity contribution is 0.768. The monoisotopic (exact) mass is 691 g/mol. The van der Waals surface area contributed by atoms with Crippen LogP contribution < -0.4 is 4.90 Å². The van der Waals surface area contributed by atoms with Gasteiger partial charge in [0.25, 0.3) is 0 Å². The quantitative estimate of drug-likeness (QED) is 0.161. The zero-order valence-corrected chi connectivity index (χ0v) is 29.5. The molecule has 0 heterocycles. The van der Waals surface area contributed by atoms with Gasteiger partial charge in [-0.05, 0) is 109 Å². The fraction of sp³-hybridized carbons (Fsp3) is 0.0189. The lowest BCUT2D eigenvalue weighted by atomic mass is 9.67. The molecule has 0 fully saturated rings. The van der Waals surface area contributed by atoms with Gasteiger partial charge in [-0.1, -0.05) is 182 Å². The Kier molecular flexibility index (Phi) is 6.77. The van der Waals surface area contributed by atoms with Gasteiger partial charge in [-0.15, -0.1) is 0 Å². The molecule has 0 amide bonds. The minimum Gasteiger partial charge on any atom is -0.310 e. The summed E-state index contributed by atoms with van der Waals surface area (Å²) in [4.78, 5) is 1.89. The van der Waals surface area contributed by atoms with Gasteiger partial charge in [0.15, 0.2) is 0 Å². The number of hydrogen-bond donors (Lipinski definition) is 0. The number of hydrogen-bond acceptors (Lipinski definition) is 1. The third kappa shape index (κ3) is 5.17. The van der Waals surface area contributed by atoms with Gasteiger partial charge < -0.3 is 4.90 Å². The van der Waals surface area contributed by atoms with Crippen LogP contribution in [0.25, 0.3) is 44.2 Å². The van der Waals surface area contributed by atoms with Crippen LogP contribution in [0.5, 0.6) is 0 Å². The lowest BCUT2D eigenvalue weighted by Gasteiger charge is -2.35. The molecule has 0 radical (unpaired) electrons. The molecule has 0 atom stereocenters. The summed E-state index contributed by atoms with van der Waals surface area (Å²) in [6.07, 6.45) is 0. The third-order valence-corrected chi connectivity index (χ3v) is 10.8. The highest BCUT2D eigenvalue weighted by atomic mass is 15.1. The van der Waals surface area contributed by atoms with Gasteiger partial charge in [-0.3, -0.25) is 0 Å². The van der Waals surface area contributed by atoms with E-state index in [0.29, 0.717) is 5.56 Å². The first-order chi connectivity index (χ1) is 28.5. The van der Waals surface area contributed by atoms with E-state index in [1.54, 1.807) is 0 Å². The van der Waals surface area contributed by atoms with Gasteiger partial charge in [-0.2, -0.15) is 0 Å². The van der Waals surface area contributed by atoms with E-state index < -0.39 is 5.41 Å². The molecular weight excluding hydrogens is 651 g/mol. The van der Waals surface area contributed by atoms with Crippen LogP contribution in [0.2, 0.25) is 0 Å². The third-order valence-electron chi connectivity index (χ3n) is 10.8. The van der Waals surface area contributed by atoms with E-state index in [0.717, 1.165) is 61.1 Å². The predicted octanol–water partition coefficient (Wildman–Crippen LogP) is 14.0. The van der Waals surface area contributed by atoms with Crippen LogP contribution in [0.3, 0.4) is 0 Å². The van der Waals surface area contributed by atoms with Crippen LogP contribution in [0.15, 0.2) is 224 Å². The summed E-state index contributed by atoms with van der Waals surface area (Å²) in [5.41, 5.74) is 10.7. The van der Waals surface area contributed by atoms with Crippen molar-refractivity contribution < 1.29 is 5.48 Å². The molecule has 1 aliphatic rings.